The van der Waals surface area contributed by atoms with Gasteiger partial charge < -0.3 is 4.42 Å². The fraction of sp³-hybridized carbons (Fsp3) is 0.286. The summed E-state index contributed by atoms with van der Waals surface area (Å²) in [5, 5.41) is 0. The monoisotopic (exact) mass is 372 g/mol. The minimum Gasteiger partial charge on any atom is -0.468 e. The Kier molecular flexibility index (Phi) is 5.21. The van der Waals surface area contributed by atoms with Crippen molar-refractivity contribution in [2.75, 3.05) is 20.6 Å². The molecule has 0 aliphatic carbocycles. The number of nitrogens with one attached hydrogen (secondary N) is 1. The summed E-state index contributed by atoms with van der Waals surface area (Å²) >= 11 is 3.26. The molecule has 0 aliphatic heterocycles. The Morgan fingerprint density at radius 1 is 1.24 bits per heavy atom. The molecule has 0 fully saturated rings. The maximum atomic E-state index is 12.4. The molecule has 0 saturated heterocycles. The predicted molar refractivity (Wildman–Crippen MR) is 84.5 cm³/mol. The second-order valence-electron chi connectivity index (χ2n) is 4.78. The van der Waals surface area contributed by atoms with Gasteiger partial charge in [0.05, 0.1) is 17.2 Å². The number of halogens is 1. The summed E-state index contributed by atoms with van der Waals surface area (Å²) in [4.78, 5) is 2.13. The molecule has 7 heteroatoms. The number of rotatable bonds is 6. The normalized spacial score (nSPS) is 13.5. The molecule has 0 radical (unpaired) electrons. The molecule has 114 valence electrons. The summed E-state index contributed by atoms with van der Waals surface area (Å²) in [6.07, 6.45) is 1.58. The first-order valence-corrected chi connectivity index (χ1v) is 8.63. The van der Waals surface area contributed by atoms with E-state index >= 15 is 0 Å². The van der Waals surface area contributed by atoms with Gasteiger partial charge in [-0.2, -0.15) is 0 Å². The summed E-state index contributed by atoms with van der Waals surface area (Å²) in [5.41, 5.74) is 0. The van der Waals surface area contributed by atoms with E-state index in [0.717, 1.165) is 5.76 Å². The second-order valence-corrected chi connectivity index (χ2v) is 7.37. The van der Waals surface area contributed by atoms with Crippen LogP contribution in [0.4, 0.5) is 0 Å². The predicted octanol–water partition coefficient (Wildman–Crippen LogP) is 2.62. The number of furan rings is 1. The second kappa shape index (κ2) is 6.74. The Balaban J connectivity index is 2.16. The molecule has 21 heavy (non-hydrogen) atoms. The zero-order chi connectivity index (χ0) is 15.5. The zero-order valence-electron chi connectivity index (χ0n) is 11.8. The molecule has 0 saturated carbocycles. The summed E-state index contributed by atoms with van der Waals surface area (Å²) in [6.45, 7) is 0.226. The highest BCUT2D eigenvalue weighted by Crippen LogP contribution is 2.22. The lowest BCUT2D eigenvalue weighted by molar-refractivity contribution is 0.259. The third-order valence-electron chi connectivity index (χ3n) is 3.09. The van der Waals surface area contributed by atoms with Crippen LogP contribution in [0.1, 0.15) is 11.8 Å². The Morgan fingerprint density at radius 2 is 1.95 bits per heavy atom. The number of sulfonamides is 1. The van der Waals surface area contributed by atoms with Gasteiger partial charge in [-0.15, -0.1) is 0 Å². The van der Waals surface area contributed by atoms with Crippen molar-refractivity contribution in [1.29, 1.82) is 0 Å². The van der Waals surface area contributed by atoms with Crippen LogP contribution < -0.4 is 4.72 Å². The fourth-order valence-electron chi connectivity index (χ4n) is 1.95. The molecule has 0 spiro atoms. The third kappa shape index (κ3) is 3.94. The Morgan fingerprint density at radius 3 is 2.52 bits per heavy atom. The van der Waals surface area contributed by atoms with Gasteiger partial charge in [0.2, 0.25) is 10.0 Å². The summed E-state index contributed by atoms with van der Waals surface area (Å²) in [5.74, 6) is 0.717. The Bertz CT molecular complexity index is 684. The maximum Gasteiger partial charge on any atom is 0.241 e. The minimum absolute atomic E-state index is 0.169. The summed E-state index contributed by atoms with van der Waals surface area (Å²) in [6, 6.07) is 10.2. The standard InChI is InChI=1S/C14H17BrN2O3S/c1-17(2)12(13-7-5-9-20-13)10-16-21(18,19)14-8-4-3-6-11(14)15/h3-9,12,16H,10H2,1-2H3. The molecule has 0 aliphatic rings. The van der Waals surface area contributed by atoms with Gasteiger partial charge in [-0.1, -0.05) is 12.1 Å². The quantitative estimate of drug-likeness (QED) is 0.846. The van der Waals surface area contributed by atoms with E-state index in [4.69, 9.17) is 4.42 Å². The van der Waals surface area contributed by atoms with Crippen LogP contribution in [0.3, 0.4) is 0 Å². The molecule has 1 heterocycles. The van der Waals surface area contributed by atoms with E-state index in [2.05, 4.69) is 20.7 Å². The van der Waals surface area contributed by atoms with Crippen molar-refractivity contribution in [3.05, 3.63) is 52.9 Å². The summed E-state index contributed by atoms with van der Waals surface area (Å²) in [7, 11) is 0.174. The van der Waals surface area contributed by atoms with Crippen LogP contribution in [0, 0.1) is 0 Å². The SMILES string of the molecule is CN(C)C(CNS(=O)(=O)c1ccccc1Br)c1ccco1. The maximum absolute atomic E-state index is 12.4. The lowest BCUT2D eigenvalue weighted by atomic mass is 10.2. The van der Waals surface area contributed by atoms with Crippen molar-refractivity contribution in [1.82, 2.24) is 9.62 Å². The fourth-order valence-corrected chi connectivity index (χ4v) is 3.99. The highest BCUT2D eigenvalue weighted by Gasteiger charge is 2.22. The largest absolute Gasteiger partial charge is 0.468 e. The highest BCUT2D eigenvalue weighted by molar-refractivity contribution is 9.10. The van der Waals surface area contributed by atoms with Crippen LogP contribution in [-0.2, 0) is 10.0 Å². The lowest BCUT2D eigenvalue weighted by Crippen LogP contribution is -2.34. The lowest BCUT2D eigenvalue weighted by Gasteiger charge is -2.22. The van der Waals surface area contributed by atoms with Gasteiger partial charge in [0, 0.05) is 11.0 Å². The van der Waals surface area contributed by atoms with Crippen LogP contribution in [0.5, 0.6) is 0 Å². The molecule has 1 aromatic heterocycles. The number of nitrogens with zero attached hydrogens (tertiary/aromatic N) is 1. The van der Waals surface area contributed by atoms with Gasteiger partial charge in [0.1, 0.15) is 5.76 Å². The van der Waals surface area contributed by atoms with Gasteiger partial charge in [-0.05, 0) is 54.3 Å². The molecule has 1 aromatic carbocycles. The van der Waals surface area contributed by atoms with Crippen molar-refractivity contribution < 1.29 is 12.8 Å². The van der Waals surface area contributed by atoms with Crippen LogP contribution in [0.25, 0.3) is 0 Å². The first-order valence-electron chi connectivity index (χ1n) is 6.36. The third-order valence-corrected chi connectivity index (χ3v) is 5.52. The summed E-state index contributed by atoms with van der Waals surface area (Å²) < 4.78 is 33.2. The van der Waals surface area contributed by atoms with E-state index in [9.17, 15) is 8.42 Å². The average molecular weight is 373 g/mol. The zero-order valence-corrected chi connectivity index (χ0v) is 14.2. The smallest absolute Gasteiger partial charge is 0.241 e. The van der Waals surface area contributed by atoms with Gasteiger partial charge >= 0.3 is 0 Å². The van der Waals surface area contributed by atoms with E-state index in [1.807, 2.05) is 25.1 Å². The number of hydrogen-bond acceptors (Lipinski definition) is 4. The van der Waals surface area contributed by atoms with Gasteiger partial charge in [0.25, 0.3) is 0 Å². The Hall–Kier alpha value is -1.15. The van der Waals surface area contributed by atoms with Gasteiger partial charge in [-0.25, -0.2) is 13.1 Å². The first-order chi connectivity index (χ1) is 9.92. The molecule has 1 N–H and O–H groups in total. The topological polar surface area (TPSA) is 62.6 Å². The van der Waals surface area contributed by atoms with E-state index in [-0.39, 0.29) is 17.5 Å². The molecule has 0 bridgehead atoms. The van der Waals surface area contributed by atoms with Crippen LogP contribution in [0.15, 0.2) is 56.4 Å². The van der Waals surface area contributed by atoms with Crippen molar-refractivity contribution in [3.8, 4) is 0 Å². The minimum atomic E-state index is -3.58. The van der Waals surface area contributed by atoms with Crippen molar-refractivity contribution in [2.24, 2.45) is 0 Å². The molecule has 1 unspecified atom stereocenters. The van der Waals surface area contributed by atoms with Crippen molar-refractivity contribution >= 4 is 26.0 Å². The molecule has 5 nitrogen and oxygen atoms in total. The first kappa shape index (κ1) is 16.2. The number of hydrogen-bond donors (Lipinski definition) is 1. The van der Waals surface area contributed by atoms with Crippen LogP contribution >= 0.6 is 15.9 Å². The molecule has 2 aromatic rings. The van der Waals surface area contributed by atoms with Crippen molar-refractivity contribution in [2.45, 2.75) is 10.9 Å². The number of benzene rings is 1. The van der Waals surface area contributed by atoms with E-state index in [1.165, 1.54) is 0 Å². The average Bonchev–Trinajstić information content (AvgIpc) is 2.92. The Labute approximate surface area is 133 Å². The van der Waals surface area contributed by atoms with Crippen LogP contribution in [0.2, 0.25) is 0 Å². The van der Waals surface area contributed by atoms with Gasteiger partial charge in [-0.3, -0.25) is 4.90 Å². The van der Waals surface area contributed by atoms with Gasteiger partial charge in [0.15, 0.2) is 0 Å². The van der Waals surface area contributed by atoms with E-state index in [0.29, 0.717) is 4.47 Å². The van der Waals surface area contributed by atoms with E-state index < -0.39 is 10.0 Å². The number of likely N-dealkylation sites (N-methyl/N-ethyl adjacent to an activating group) is 1. The van der Waals surface area contributed by atoms with E-state index in [1.54, 1.807) is 36.6 Å². The molecular weight excluding hydrogens is 356 g/mol. The highest BCUT2D eigenvalue weighted by atomic mass is 79.9. The molecular formula is C14H17BrN2O3S. The molecule has 0 amide bonds. The van der Waals surface area contributed by atoms with Crippen molar-refractivity contribution in [3.63, 3.8) is 0 Å². The molecule has 2 rings (SSSR count). The molecule has 1 atom stereocenters. The van der Waals surface area contributed by atoms with Crippen LogP contribution in [-0.4, -0.2) is 34.0 Å².